The summed E-state index contributed by atoms with van der Waals surface area (Å²) >= 11 is 5.89. The molecule has 4 nitrogen and oxygen atoms in total. The van der Waals surface area contributed by atoms with E-state index in [1.807, 2.05) is 13.8 Å². The highest BCUT2D eigenvalue weighted by atomic mass is 35.5. The second kappa shape index (κ2) is 5.06. The Labute approximate surface area is 133 Å². The molecule has 114 valence electrons. The molecule has 0 bridgehead atoms. The third-order valence-electron chi connectivity index (χ3n) is 4.05. The maximum Gasteiger partial charge on any atom is 0.239 e. The van der Waals surface area contributed by atoms with Crippen LogP contribution in [0.15, 0.2) is 35.5 Å². The molecule has 0 aromatic heterocycles. The number of allylic oxidation sites excluding steroid dienone is 2. The van der Waals surface area contributed by atoms with Crippen LogP contribution in [0.1, 0.15) is 33.1 Å². The first-order chi connectivity index (χ1) is 10.3. The van der Waals surface area contributed by atoms with Crippen molar-refractivity contribution in [2.75, 3.05) is 4.90 Å². The van der Waals surface area contributed by atoms with E-state index in [0.717, 1.165) is 0 Å². The maximum absolute atomic E-state index is 12.4. The quantitative estimate of drug-likeness (QED) is 0.590. The van der Waals surface area contributed by atoms with E-state index in [-0.39, 0.29) is 34.9 Å². The first kappa shape index (κ1) is 15.0. The minimum absolute atomic E-state index is 0.164. The van der Waals surface area contributed by atoms with Crippen LogP contribution in [0.2, 0.25) is 5.02 Å². The number of hydrogen-bond donors (Lipinski definition) is 0. The van der Waals surface area contributed by atoms with Gasteiger partial charge in [0.1, 0.15) is 0 Å². The van der Waals surface area contributed by atoms with Crippen LogP contribution in [-0.4, -0.2) is 17.5 Å². The summed E-state index contributed by atoms with van der Waals surface area (Å²) in [5, 5.41) is 0.568. The molecule has 0 N–H and O–H groups in total. The number of halogens is 1. The number of carbonyl (C=O) groups excluding carboxylic acids is 3. The van der Waals surface area contributed by atoms with E-state index < -0.39 is 0 Å². The molecule has 1 heterocycles. The minimum atomic E-state index is -0.356. The van der Waals surface area contributed by atoms with E-state index in [9.17, 15) is 14.4 Å². The van der Waals surface area contributed by atoms with Crippen molar-refractivity contribution in [2.45, 2.75) is 33.1 Å². The molecule has 1 aliphatic carbocycles. The summed E-state index contributed by atoms with van der Waals surface area (Å²) < 4.78 is 0. The number of carbonyl (C=O) groups is 3. The van der Waals surface area contributed by atoms with Gasteiger partial charge in [0.05, 0.1) is 12.0 Å². The Bertz CT molecular complexity index is 716. The predicted molar refractivity (Wildman–Crippen MR) is 83.6 cm³/mol. The number of anilines is 1. The van der Waals surface area contributed by atoms with Crippen LogP contribution in [0.4, 0.5) is 5.69 Å². The van der Waals surface area contributed by atoms with E-state index in [1.54, 1.807) is 24.3 Å². The van der Waals surface area contributed by atoms with Gasteiger partial charge in [0.25, 0.3) is 0 Å². The Balaban J connectivity index is 2.15. The van der Waals surface area contributed by atoms with Crippen LogP contribution in [0.3, 0.4) is 0 Å². The van der Waals surface area contributed by atoms with Crippen molar-refractivity contribution >= 4 is 34.8 Å². The fourth-order valence-corrected chi connectivity index (χ4v) is 3.27. The fraction of sp³-hybridized carbons (Fsp3) is 0.353. The van der Waals surface area contributed by atoms with Crippen molar-refractivity contribution in [1.82, 2.24) is 0 Å². The van der Waals surface area contributed by atoms with Crippen LogP contribution < -0.4 is 4.90 Å². The normalized spacial score (nSPS) is 21.2. The summed E-state index contributed by atoms with van der Waals surface area (Å²) in [6.07, 6.45) is 0.599. The van der Waals surface area contributed by atoms with Gasteiger partial charge in [0.15, 0.2) is 11.6 Å². The lowest BCUT2D eigenvalue weighted by atomic mass is 9.73. The van der Waals surface area contributed by atoms with E-state index in [1.165, 1.54) is 4.90 Å². The Hall–Kier alpha value is -1.94. The standard InChI is InChI=1S/C17H16ClNO3/c1-17(2)8-12-16(14(21)9-17)13(20)7-15(22)19(12)11-5-3-10(18)4-6-11/h3-6H,7-9H2,1-2H3. The Morgan fingerprint density at radius 2 is 1.64 bits per heavy atom. The number of benzene rings is 1. The topological polar surface area (TPSA) is 54.5 Å². The van der Waals surface area contributed by atoms with Gasteiger partial charge in [0.2, 0.25) is 5.91 Å². The molecule has 22 heavy (non-hydrogen) atoms. The molecule has 0 fully saturated rings. The zero-order valence-electron chi connectivity index (χ0n) is 12.5. The zero-order chi connectivity index (χ0) is 16.1. The molecule has 1 amide bonds. The maximum atomic E-state index is 12.4. The third kappa shape index (κ3) is 2.48. The van der Waals surface area contributed by atoms with Gasteiger partial charge < -0.3 is 0 Å². The number of amides is 1. The molecular weight excluding hydrogens is 302 g/mol. The Morgan fingerprint density at radius 3 is 2.27 bits per heavy atom. The molecule has 0 saturated carbocycles. The van der Waals surface area contributed by atoms with E-state index >= 15 is 0 Å². The highest BCUT2D eigenvalue weighted by Crippen LogP contribution is 2.42. The minimum Gasteiger partial charge on any atom is -0.294 e. The summed E-state index contributed by atoms with van der Waals surface area (Å²) in [5.41, 5.74) is 1.11. The molecule has 1 aromatic rings. The van der Waals surface area contributed by atoms with Gasteiger partial charge in [-0.25, -0.2) is 0 Å². The molecular formula is C17H16ClNO3. The lowest BCUT2D eigenvalue weighted by molar-refractivity contribution is -0.128. The smallest absolute Gasteiger partial charge is 0.239 e. The fourth-order valence-electron chi connectivity index (χ4n) is 3.14. The largest absolute Gasteiger partial charge is 0.294 e. The van der Waals surface area contributed by atoms with Crippen molar-refractivity contribution in [3.63, 3.8) is 0 Å². The first-order valence-electron chi connectivity index (χ1n) is 7.16. The van der Waals surface area contributed by atoms with Gasteiger partial charge in [-0.2, -0.15) is 0 Å². The van der Waals surface area contributed by atoms with Gasteiger partial charge in [0, 0.05) is 22.8 Å². The molecule has 0 spiro atoms. The second-order valence-corrected chi connectivity index (χ2v) is 7.00. The van der Waals surface area contributed by atoms with Crippen LogP contribution in [0.5, 0.6) is 0 Å². The molecule has 3 rings (SSSR count). The number of nitrogens with zero attached hydrogens (tertiary/aromatic N) is 1. The average Bonchev–Trinajstić information content (AvgIpc) is 2.38. The molecule has 0 atom stereocenters. The van der Waals surface area contributed by atoms with Gasteiger partial charge >= 0.3 is 0 Å². The van der Waals surface area contributed by atoms with E-state index in [4.69, 9.17) is 11.6 Å². The highest BCUT2D eigenvalue weighted by Gasteiger charge is 2.43. The van der Waals surface area contributed by atoms with Gasteiger partial charge in [-0.1, -0.05) is 25.4 Å². The molecule has 0 unspecified atom stereocenters. The Morgan fingerprint density at radius 1 is 1.00 bits per heavy atom. The number of ketones is 2. The van der Waals surface area contributed by atoms with Gasteiger partial charge in [-0.05, 0) is 36.1 Å². The van der Waals surface area contributed by atoms with Crippen LogP contribution in [0, 0.1) is 5.41 Å². The number of Topliss-reactive ketones (excluding diaryl/α,β-unsaturated/α-hetero) is 2. The van der Waals surface area contributed by atoms with E-state index in [0.29, 0.717) is 29.2 Å². The number of hydrogen-bond acceptors (Lipinski definition) is 3. The lowest BCUT2D eigenvalue weighted by Gasteiger charge is -2.39. The number of rotatable bonds is 1. The molecule has 5 heteroatoms. The molecule has 0 radical (unpaired) electrons. The van der Waals surface area contributed by atoms with Crippen molar-refractivity contribution in [2.24, 2.45) is 5.41 Å². The lowest BCUT2D eigenvalue weighted by Crippen LogP contribution is -2.44. The van der Waals surface area contributed by atoms with Crippen molar-refractivity contribution < 1.29 is 14.4 Å². The van der Waals surface area contributed by atoms with Crippen molar-refractivity contribution in [1.29, 1.82) is 0 Å². The molecule has 1 aliphatic heterocycles. The predicted octanol–water partition coefficient (Wildman–Crippen LogP) is 3.29. The summed E-state index contributed by atoms with van der Waals surface area (Å²) in [4.78, 5) is 38.4. The summed E-state index contributed by atoms with van der Waals surface area (Å²) in [7, 11) is 0. The monoisotopic (exact) mass is 317 g/mol. The zero-order valence-corrected chi connectivity index (χ0v) is 13.2. The van der Waals surface area contributed by atoms with Gasteiger partial charge in [-0.15, -0.1) is 0 Å². The van der Waals surface area contributed by atoms with Crippen molar-refractivity contribution in [3.8, 4) is 0 Å². The summed E-state index contributed by atoms with van der Waals surface area (Å²) in [5.74, 6) is -0.815. The second-order valence-electron chi connectivity index (χ2n) is 6.57. The molecule has 2 aliphatic rings. The molecule has 1 aromatic carbocycles. The molecule has 0 saturated heterocycles. The van der Waals surface area contributed by atoms with Crippen LogP contribution in [0.25, 0.3) is 0 Å². The first-order valence-corrected chi connectivity index (χ1v) is 7.54. The van der Waals surface area contributed by atoms with E-state index in [2.05, 4.69) is 0 Å². The van der Waals surface area contributed by atoms with Crippen molar-refractivity contribution in [3.05, 3.63) is 40.6 Å². The third-order valence-corrected chi connectivity index (χ3v) is 4.30. The summed E-state index contributed by atoms with van der Waals surface area (Å²) in [6, 6.07) is 6.84. The highest BCUT2D eigenvalue weighted by molar-refractivity contribution is 6.31. The van der Waals surface area contributed by atoms with Gasteiger partial charge in [-0.3, -0.25) is 19.3 Å². The average molecular weight is 318 g/mol. The van der Waals surface area contributed by atoms with Crippen LogP contribution >= 0.6 is 11.6 Å². The Kier molecular flexibility index (Phi) is 3.44. The van der Waals surface area contributed by atoms with Crippen LogP contribution in [-0.2, 0) is 14.4 Å². The summed E-state index contributed by atoms with van der Waals surface area (Å²) in [6.45, 7) is 3.94. The SMILES string of the molecule is CC1(C)CC(=O)C2=C(C1)N(c1ccc(Cl)cc1)C(=O)CC2=O.